The van der Waals surface area contributed by atoms with Gasteiger partial charge < -0.3 is 9.84 Å². The third-order valence-electron chi connectivity index (χ3n) is 2.43. The molecule has 0 aliphatic carbocycles. The van der Waals surface area contributed by atoms with Crippen molar-refractivity contribution < 1.29 is 9.84 Å². The summed E-state index contributed by atoms with van der Waals surface area (Å²) < 4.78 is 5.59. The maximum atomic E-state index is 9.65. The molecule has 0 spiro atoms. The molecule has 1 aromatic heterocycles. The molecular formula is C13H10Cl3NO2. The van der Waals surface area contributed by atoms with Gasteiger partial charge in [-0.15, -0.1) is 0 Å². The fraction of sp³-hybridized carbons (Fsp3) is 0.154. The van der Waals surface area contributed by atoms with Gasteiger partial charge in [-0.05, 0) is 25.1 Å². The van der Waals surface area contributed by atoms with Crippen LogP contribution in [-0.4, -0.2) is 10.1 Å². The van der Waals surface area contributed by atoms with Crippen molar-refractivity contribution >= 4 is 34.8 Å². The van der Waals surface area contributed by atoms with Crippen LogP contribution in [0.3, 0.4) is 0 Å². The molecule has 100 valence electrons. The van der Waals surface area contributed by atoms with Crippen LogP contribution in [-0.2, 0) is 0 Å². The Morgan fingerprint density at radius 1 is 1.16 bits per heavy atom. The summed E-state index contributed by atoms with van der Waals surface area (Å²) in [5, 5.41) is 10.6. The second-order valence-electron chi connectivity index (χ2n) is 3.87. The van der Waals surface area contributed by atoms with Crippen LogP contribution < -0.4 is 4.74 Å². The van der Waals surface area contributed by atoms with Crippen LogP contribution in [0.15, 0.2) is 30.5 Å². The molecule has 1 N–H and O–H groups in total. The van der Waals surface area contributed by atoms with Gasteiger partial charge in [0.1, 0.15) is 5.75 Å². The SMILES string of the molecule is C[C@H](O)c1cccnc1Oc1cc(Cl)c(Cl)cc1Cl. The predicted octanol–water partition coefficient (Wildman–Crippen LogP) is 4.89. The van der Waals surface area contributed by atoms with Crippen LogP contribution >= 0.6 is 34.8 Å². The molecule has 0 fully saturated rings. The zero-order valence-corrected chi connectivity index (χ0v) is 12.2. The average molecular weight is 319 g/mol. The smallest absolute Gasteiger partial charge is 0.225 e. The minimum absolute atomic E-state index is 0.276. The van der Waals surface area contributed by atoms with Crippen LogP contribution in [0.4, 0.5) is 0 Å². The van der Waals surface area contributed by atoms with E-state index in [1.165, 1.54) is 12.1 Å². The summed E-state index contributed by atoms with van der Waals surface area (Å²) >= 11 is 17.8. The lowest BCUT2D eigenvalue weighted by Crippen LogP contribution is -1.98. The number of aliphatic hydroxyl groups is 1. The molecule has 0 amide bonds. The van der Waals surface area contributed by atoms with Gasteiger partial charge in [-0.25, -0.2) is 4.98 Å². The van der Waals surface area contributed by atoms with Crippen molar-refractivity contribution in [2.75, 3.05) is 0 Å². The molecule has 0 unspecified atom stereocenters. The van der Waals surface area contributed by atoms with E-state index in [-0.39, 0.29) is 5.88 Å². The summed E-state index contributed by atoms with van der Waals surface area (Å²) in [7, 11) is 0. The molecule has 6 heteroatoms. The van der Waals surface area contributed by atoms with Crippen molar-refractivity contribution in [1.82, 2.24) is 4.98 Å². The Balaban J connectivity index is 2.39. The van der Waals surface area contributed by atoms with Gasteiger partial charge in [-0.3, -0.25) is 0 Å². The van der Waals surface area contributed by atoms with E-state index in [1.807, 2.05) is 0 Å². The number of nitrogens with zero attached hydrogens (tertiary/aromatic N) is 1. The molecule has 1 heterocycles. The maximum absolute atomic E-state index is 9.65. The Morgan fingerprint density at radius 3 is 2.53 bits per heavy atom. The maximum Gasteiger partial charge on any atom is 0.225 e. The Hall–Kier alpha value is -1.000. The second kappa shape index (κ2) is 5.97. The minimum atomic E-state index is -0.703. The highest BCUT2D eigenvalue weighted by Crippen LogP contribution is 2.37. The minimum Gasteiger partial charge on any atom is -0.437 e. The van der Waals surface area contributed by atoms with Gasteiger partial charge in [0, 0.05) is 17.8 Å². The van der Waals surface area contributed by atoms with E-state index in [9.17, 15) is 5.11 Å². The zero-order valence-electron chi connectivity index (χ0n) is 9.90. The number of benzene rings is 1. The van der Waals surface area contributed by atoms with E-state index < -0.39 is 6.10 Å². The van der Waals surface area contributed by atoms with Crippen LogP contribution in [0.1, 0.15) is 18.6 Å². The van der Waals surface area contributed by atoms with Gasteiger partial charge in [0.05, 0.1) is 21.2 Å². The van der Waals surface area contributed by atoms with Crippen LogP contribution in [0.25, 0.3) is 0 Å². The van der Waals surface area contributed by atoms with E-state index in [2.05, 4.69) is 4.98 Å². The van der Waals surface area contributed by atoms with Crippen molar-refractivity contribution in [1.29, 1.82) is 0 Å². The van der Waals surface area contributed by atoms with Crippen LogP contribution in [0, 0.1) is 0 Å². The molecular weight excluding hydrogens is 309 g/mol. The summed E-state index contributed by atoms with van der Waals surface area (Å²) in [4.78, 5) is 4.07. The van der Waals surface area contributed by atoms with E-state index in [4.69, 9.17) is 39.5 Å². The topological polar surface area (TPSA) is 42.4 Å². The third-order valence-corrected chi connectivity index (χ3v) is 3.45. The van der Waals surface area contributed by atoms with Gasteiger partial charge in [-0.1, -0.05) is 34.8 Å². The molecule has 19 heavy (non-hydrogen) atoms. The fourth-order valence-electron chi connectivity index (χ4n) is 1.49. The Morgan fingerprint density at radius 2 is 1.84 bits per heavy atom. The average Bonchev–Trinajstić information content (AvgIpc) is 2.36. The van der Waals surface area contributed by atoms with Gasteiger partial charge in [0.2, 0.25) is 5.88 Å². The molecule has 1 atom stereocenters. The number of aromatic nitrogens is 1. The number of hydrogen-bond acceptors (Lipinski definition) is 3. The summed E-state index contributed by atoms with van der Waals surface area (Å²) in [6.07, 6.45) is 0.859. The van der Waals surface area contributed by atoms with Crippen molar-refractivity contribution in [3.05, 3.63) is 51.1 Å². The summed E-state index contributed by atoms with van der Waals surface area (Å²) in [5.41, 5.74) is 0.560. The fourth-order valence-corrected chi connectivity index (χ4v) is 2.07. The van der Waals surface area contributed by atoms with Gasteiger partial charge in [-0.2, -0.15) is 0 Å². The Kier molecular flexibility index (Phi) is 4.53. The molecule has 2 aromatic rings. The summed E-state index contributed by atoms with van der Waals surface area (Å²) in [5.74, 6) is 0.606. The predicted molar refractivity (Wildman–Crippen MR) is 76.4 cm³/mol. The lowest BCUT2D eigenvalue weighted by Gasteiger charge is -2.13. The highest BCUT2D eigenvalue weighted by molar-refractivity contribution is 6.43. The standard InChI is InChI=1S/C13H10Cl3NO2/c1-7(18)8-3-2-4-17-13(8)19-12-6-10(15)9(14)5-11(12)16/h2-7,18H,1H3/t7-/m0/s1. The highest BCUT2D eigenvalue weighted by Gasteiger charge is 2.14. The first-order valence-corrected chi connectivity index (χ1v) is 6.58. The number of aliphatic hydroxyl groups excluding tert-OH is 1. The van der Waals surface area contributed by atoms with Crippen molar-refractivity contribution in [2.45, 2.75) is 13.0 Å². The molecule has 2 rings (SSSR count). The lowest BCUT2D eigenvalue weighted by atomic mass is 10.2. The number of rotatable bonds is 3. The quantitative estimate of drug-likeness (QED) is 0.819. The normalized spacial score (nSPS) is 12.3. The Bertz CT molecular complexity index is 602. The molecule has 3 nitrogen and oxygen atoms in total. The Labute approximate surface area is 125 Å². The van der Waals surface area contributed by atoms with Gasteiger partial charge >= 0.3 is 0 Å². The number of pyridine rings is 1. The molecule has 0 aliphatic rings. The van der Waals surface area contributed by atoms with Crippen molar-refractivity contribution in [2.24, 2.45) is 0 Å². The van der Waals surface area contributed by atoms with E-state index >= 15 is 0 Å². The molecule has 0 radical (unpaired) electrons. The molecule has 0 saturated heterocycles. The van der Waals surface area contributed by atoms with E-state index in [0.717, 1.165) is 0 Å². The van der Waals surface area contributed by atoms with Crippen molar-refractivity contribution in [3.63, 3.8) is 0 Å². The molecule has 0 aliphatic heterocycles. The van der Waals surface area contributed by atoms with Gasteiger partial charge in [0.15, 0.2) is 0 Å². The third kappa shape index (κ3) is 3.31. The lowest BCUT2D eigenvalue weighted by molar-refractivity contribution is 0.194. The summed E-state index contributed by atoms with van der Waals surface area (Å²) in [6.45, 7) is 1.63. The number of hydrogen-bond donors (Lipinski definition) is 1. The summed E-state index contributed by atoms with van der Waals surface area (Å²) in [6, 6.07) is 6.43. The number of ether oxygens (including phenoxy) is 1. The largest absolute Gasteiger partial charge is 0.437 e. The first-order valence-electron chi connectivity index (χ1n) is 5.44. The zero-order chi connectivity index (χ0) is 14.0. The number of halogens is 3. The highest BCUT2D eigenvalue weighted by atomic mass is 35.5. The molecule has 1 aromatic carbocycles. The van der Waals surface area contributed by atoms with Crippen LogP contribution in [0.5, 0.6) is 11.6 Å². The van der Waals surface area contributed by atoms with Crippen molar-refractivity contribution in [3.8, 4) is 11.6 Å². The van der Waals surface area contributed by atoms with E-state index in [0.29, 0.717) is 26.4 Å². The first kappa shape index (κ1) is 14.4. The monoisotopic (exact) mass is 317 g/mol. The first-order chi connectivity index (χ1) is 8.99. The van der Waals surface area contributed by atoms with E-state index in [1.54, 1.807) is 25.3 Å². The second-order valence-corrected chi connectivity index (χ2v) is 5.09. The van der Waals surface area contributed by atoms with Gasteiger partial charge in [0.25, 0.3) is 0 Å². The molecule has 0 bridgehead atoms. The molecule has 0 saturated carbocycles. The van der Waals surface area contributed by atoms with Crippen LogP contribution in [0.2, 0.25) is 15.1 Å².